The number of hydrogen-bond acceptors (Lipinski definition) is 2. The molecule has 0 amide bonds. The van der Waals surface area contributed by atoms with Crippen molar-refractivity contribution in [1.29, 1.82) is 0 Å². The van der Waals surface area contributed by atoms with Crippen LogP contribution in [0.3, 0.4) is 0 Å². The van der Waals surface area contributed by atoms with E-state index < -0.39 is 0 Å². The van der Waals surface area contributed by atoms with Crippen LogP contribution in [0.1, 0.15) is 22.0 Å². The molecule has 0 saturated carbocycles. The third-order valence-electron chi connectivity index (χ3n) is 3.81. The highest BCUT2D eigenvalue weighted by atomic mass is 35.5. The Morgan fingerprint density at radius 3 is 2.91 bits per heavy atom. The smallest absolute Gasteiger partial charge is 0.169 e. The predicted octanol–water partition coefficient (Wildman–Crippen LogP) is 4.41. The Morgan fingerprint density at radius 1 is 1.41 bits per heavy atom. The van der Waals surface area contributed by atoms with Crippen LogP contribution in [0.4, 0.5) is 0 Å². The minimum Gasteiger partial charge on any atom is -0.359 e. The first kappa shape index (κ1) is 15.5. The van der Waals surface area contributed by atoms with Crippen LogP contribution in [0, 0.1) is 0 Å². The van der Waals surface area contributed by atoms with E-state index in [-0.39, 0.29) is 6.04 Å². The second kappa shape index (κ2) is 6.82. The van der Waals surface area contributed by atoms with Gasteiger partial charge in [-0.25, -0.2) is 0 Å². The molecule has 0 fully saturated rings. The molecule has 2 nitrogen and oxygen atoms in total. The SMILES string of the molecule is C=CCNC(=S)N1CCc2sccc2C1c1ccc(Cl)cc1. The molecule has 1 N–H and O–H groups in total. The first-order valence-electron chi connectivity index (χ1n) is 7.18. The molecule has 1 aromatic carbocycles. The Bertz CT molecular complexity index is 678. The summed E-state index contributed by atoms with van der Waals surface area (Å²) in [6, 6.07) is 10.4. The normalized spacial score (nSPS) is 17.0. The largest absolute Gasteiger partial charge is 0.359 e. The maximum atomic E-state index is 6.04. The molecule has 0 saturated heterocycles. The van der Waals surface area contributed by atoms with Gasteiger partial charge in [-0.3, -0.25) is 0 Å². The number of benzene rings is 1. The van der Waals surface area contributed by atoms with Crippen LogP contribution in [0.25, 0.3) is 0 Å². The van der Waals surface area contributed by atoms with Gasteiger partial charge in [-0.2, -0.15) is 0 Å². The Labute approximate surface area is 145 Å². The van der Waals surface area contributed by atoms with E-state index in [0.29, 0.717) is 6.54 Å². The van der Waals surface area contributed by atoms with Crippen molar-refractivity contribution in [2.75, 3.05) is 13.1 Å². The highest BCUT2D eigenvalue weighted by molar-refractivity contribution is 7.80. The van der Waals surface area contributed by atoms with E-state index in [4.69, 9.17) is 23.8 Å². The summed E-state index contributed by atoms with van der Waals surface area (Å²) >= 11 is 13.5. The number of hydrogen-bond donors (Lipinski definition) is 1. The van der Waals surface area contributed by atoms with Crippen LogP contribution in [-0.2, 0) is 6.42 Å². The number of halogens is 1. The van der Waals surface area contributed by atoms with E-state index in [2.05, 4.69) is 40.4 Å². The van der Waals surface area contributed by atoms with Crippen LogP contribution < -0.4 is 5.32 Å². The lowest BCUT2D eigenvalue weighted by Gasteiger charge is -2.38. The Balaban J connectivity index is 1.97. The van der Waals surface area contributed by atoms with Gasteiger partial charge >= 0.3 is 0 Å². The number of thiophene rings is 1. The van der Waals surface area contributed by atoms with Crippen molar-refractivity contribution in [3.05, 3.63) is 69.4 Å². The fraction of sp³-hybridized carbons (Fsp3) is 0.235. The Hall–Kier alpha value is -1.36. The summed E-state index contributed by atoms with van der Waals surface area (Å²) in [5, 5.41) is 6.95. The minimum atomic E-state index is 0.150. The molecule has 5 heteroatoms. The molecule has 2 heterocycles. The van der Waals surface area contributed by atoms with E-state index in [1.165, 1.54) is 16.0 Å². The van der Waals surface area contributed by atoms with Gasteiger partial charge < -0.3 is 10.2 Å². The molecular formula is C17H17ClN2S2. The topological polar surface area (TPSA) is 15.3 Å². The molecule has 1 aliphatic heterocycles. The molecule has 0 spiro atoms. The molecule has 1 atom stereocenters. The fourth-order valence-corrected chi connectivity index (χ4v) is 4.11. The molecule has 0 radical (unpaired) electrons. The van der Waals surface area contributed by atoms with Gasteiger partial charge in [0.25, 0.3) is 0 Å². The number of fused-ring (bicyclic) bond motifs is 1. The van der Waals surface area contributed by atoms with E-state index in [1.807, 2.05) is 29.5 Å². The average Bonchev–Trinajstić information content (AvgIpc) is 3.01. The van der Waals surface area contributed by atoms with Gasteiger partial charge in [-0.15, -0.1) is 17.9 Å². The van der Waals surface area contributed by atoms with Crippen molar-refractivity contribution >= 4 is 40.3 Å². The predicted molar refractivity (Wildman–Crippen MR) is 98.8 cm³/mol. The summed E-state index contributed by atoms with van der Waals surface area (Å²) in [5.41, 5.74) is 2.56. The van der Waals surface area contributed by atoms with Crippen LogP contribution in [0.5, 0.6) is 0 Å². The van der Waals surface area contributed by atoms with Crippen LogP contribution >= 0.6 is 35.2 Å². The van der Waals surface area contributed by atoms with E-state index in [1.54, 1.807) is 0 Å². The van der Waals surface area contributed by atoms with Gasteiger partial charge in [-0.05, 0) is 53.3 Å². The zero-order chi connectivity index (χ0) is 15.5. The van der Waals surface area contributed by atoms with E-state index in [9.17, 15) is 0 Å². The Kier molecular flexibility index (Phi) is 4.81. The molecule has 1 unspecified atom stereocenters. The molecule has 0 bridgehead atoms. The average molecular weight is 349 g/mol. The van der Waals surface area contributed by atoms with Crippen LogP contribution in [-0.4, -0.2) is 23.1 Å². The van der Waals surface area contributed by atoms with E-state index >= 15 is 0 Å². The first-order valence-corrected chi connectivity index (χ1v) is 8.84. The lowest BCUT2D eigenvalue weighted by Crippen LogP contribution is -2.45. The zero-order valence-electron chi connectivity index (χ0n) is 12.1. The maximum absolute atomic E-state index is 6.04. The van der Waals surface area contributed by atoms with Crippen molar-refractivity contribution in [3.8, 4) is 0 Å². The number of rotatable bonds is 3. The molecule has 3 rings (SSSR count). The summed E-state index contributed by atoms with van der Waals surface area (Å²) in [7, 11) is 0. The highest BCUT2D eigenvalue weighted by Gasteiger charge is 2.30. The van der Waals surface area contributed by atoms with Crippen molar-refractivity contribution in [2.45, 2.75) is 12.5 Å². The lowest BCUT2D eigenvalue weighted by atomic mass is 9.94. The zero-order valence-corrected chi connectivity index (χ0v) is 14.5. The van der Waals surface area contributed by atoms with Crippen molar-refractivity contribution < 1.29 is 0 Å². The fourth-order valence-electron chi connectivity index (χ4n) is 2.80. The van der Waals surface area contributed by atoms with Gasteiger partial charge in [0.05, 0.1) is 6.04 Å². The Morgan fingerprint density at radius 2 is 2.18 bits per heavy atom. The molecule has 0 aliphatic carbocycles. The monoisotopic (exact) mass is 348 g/mol. The summed E-state index contributed by atoms with van der Waals surface area (Å²) in [6.07, 6.45) is 2.86. The summed E-state index contributed by atoms with van der Waals surface area (Å²) in [5.74, 6) is 0. The lowest BCUT2D eigenvalue weighted by molar-refractivity contribution is 0.338. The number of thiocarbonyl (C=S) groups is 1. The second-order valence-electron chi connectivity index (χ2n) is 5.17. The molecule has 2 aromatic rings. The maximum Gasteiger partial charge on any atom is 0.169 e. The third-order valence-corrected chi connectivity index (χ3v) is 5.44. The van der Waals surface area contributed by atoms with Crippen molar-refractivity contribution in [3.63, 3.8) is 0 Å². The summed E-state index contributed by atoms with van der Waals surface area (Å²) < 4.78 is 0. The van der Waals surface area contributed by atoms with Gasteiger partial charge in [0.15, 0.2) is 5.11 Å². The first-order chi connectivity index (χ1) is 10.7. The van der Waals surface area contributed by atoms with Crippen molar-refractivity contribution in [1.82, 2.24) is 10.2 Å². The minimum absolute atomic E-state index is 0.150. The standard InChI is InChI=1S/C17H17ClN2S2/c1-2-9-19-17(21)20-10-7-15-14(8-11-22-15)16(20)12-3-5-13(18)6-4-12/h2-6,8,11,16H,1,7,9-10H2,(H,19,21). The van der Waals surface area contributed by atoms with Crippen LogP contribution in [0.2, 0.25) is 5.02 Å². The van der Waals surface area contributed by atoms with Crippen molar-refractivity contribution in [2.24, 2.45) is 0 Å². The van der Waals surface area contributed by atoms with Gasteiger partial charge in [0.2, 0.25) is 0 Å². The molecule has 1 aliphatic rings. The van der Waals surface area contributed by atoms with E-state index in [0.717, 1.165) is 23.1 Å². The number of nitrogens with zero attached hydrogens (tertiary/aromatic N) is 1. The van der Waals surface area contributed by atoms with Gasteiger partial charge in [-0.1, -0.05) is 29.8 Å². The number of nitrogens with one attached hydrogen (secondary N) is 1. The second-order valence-corrected chi connectivity index (χ2v) is 7.00. The molecule has 114 valence electrons. The van der Waals surface area contributed by atoms with Crippen LogP contribution in [0.15, 0.2) is 48.4 Å². The molecular weight excluding hydrogens is 332 g/mol. The summed E-state index contributed by atoms with van der Waals surface area (Å²) in [4.78, 5) is 3.71. The quantitative estimate of drug-likeness (QED) is 0.653. The van der Waals surface area contributed by atoms with Gasteiger partial charge in [0, 0.05) is 23.0 Å². The van der Waals surface area contributed by atoms with Gasteiger partial charge in [0.1, 0.15) is 0 Å². The highest BCUT2D eigenvalue weighted by Crippen LogP contribution is 2.38. The summed E-state index contributed by atoms with van der Waals surface area (Å²) in [6.45, 7) is 5.34. The third kappa shape index (κ3) is 3.05. The molecule has 22 heavy (non-hydrogen) atoms. The molecule has 1 aromatic heterocycles.